The van der Waals surface area contributed by atoms with E-state index in [0.717, 1.165) is 37.7 Å². The van der Waals surface area contributed by atoms with Gasteiger partial charge in [-0.1, -0.05) is 63.9 Å². The topological polar surface area (TPSA) is 0 Å². The second kappa shape index (κ2) is 10.7. The lowest BCUT2D eigenvalue weighted by molar-refractivity contribution is 0.668. The van der Waals surface area contributed by atoms with Crippen LogP contribution in [0.3, 0.4) is 0 Å². The summed E-state index contributed by atoms with van der Waals surface area (Å²) < 4.78 is 13.0. The van der Waals surface area contributed by atoms with Crippen LogP contribution in [0.4, 0.5) is 4.39 Å². The summed E-state index contributed by atoms with van der Waals surface area (Å²) in [5, 5.41) is 0. The molecule has 25 heavy (non-hydrogen) atoms. The third kappa shape index (κ3) is 6.34. The molecule has 0 nitrogen and oxygen atoms in total. The molecule has 0 bridgehead atoms. The summed E-state index contributed by atoms with van der Waals surface area (Å²) in [4.78, 5) is 0. The van der Waals surface area contributed by atoms with Gasteiger partial charge in [0.1, 0.15) is 5.83 Å². The summed E-state index contributed by atoms with van der Waals surface area (Å²) in [7, 11) is 0. The van der Waals surface area contributed by atoms with Crippen LogP contribution in [0.25, 0.3) is 5.57 Å². The van der Waals surface area contributed by atoms with E-state index < -0.39 is 5.83 Å². The molecular formula is C24H31F. The van der Waals surface area contributed by atoms with Crippen LogP contribution in [-0.4, -0.2) is 0 Å². The Morgan fingerprint density at radius 1 is 1.12 bits per heavy atom. The van der Waals surface area contributed by atoms with E-state index in [1.807, 2.05) is 6.08 Å². The molecule has 1 rings (SSSR count). The molecule has 0 aliphatic carbocycles. The van der Waals surface area contributed by atoms with Crippen LogP contribution in [0.5, 0.6) is 0 Å². The summed E-state index contributed by atoms with van der Waals surface area (Å²) >= 11 is 0. The van der Waals surface area contributed by atoms with E-state index in [1.54, 1.807) is 6.08 Å². The van der Waals surface area contributed by atoms with Gasteiger partial charge in [-0.3, -0.25) is 0 Å². The molecule has 0 fully saturated rings. The first-order valence-electron chi connectivity index (χ1n) is 9.09. The molecule has 1 aromatic carbocycles. The Morgan fingerprint density at radius 3 is 2.36 bits per heavy atom. The number of hydrogen-bond acceptors (Lipinski definition) is 0. The lowest BCUT2D eigenvalue weighted by atomic mass is 9.90. The van der Waals surface area contributed by atoms with Crippen molar-refractivity contribution >= 4 is 5.57 Å². The highest BCUT2D eigenvalue weighted by molar-refractivity contribution is 5.76. The fourth-order valence-corrected chi connectivity index (χ4v) is 3.13. The Labute approximate surface area is 153 Å². The van der Waals surface area contributed by atoms with E-state index >= 15 is 0 Å². The third-order valence-electron chi connectivity index (χ3n) is 4.40. The molecule has 1 aromatic rings. The summed E-state index contributed by atoms with van der Waals surface area (Å²) in [6.07, 6.45) is 12.1. The average molecular weight is 339 g/mol. The van der Waals surface area contributed by atoms with Crippen molar-refractivity contribution in [3.8, 4) is 0 Å². The van der Waals surface area contributed by atoms with Gasteiger partial charge in [0.15, 0.2) is 0 Å². The Kier molecular flexibility index (Phi) is 8.91. The van der Waals surface area contributed by atoms with Gasteiger partial charge in [0.05, 0.1) is 0 Å². The number of benzene rings is 1. The van der Waals surface area contributed by atoms with Crippen molar-refractivity contribution in [2.75, 3.05) is 0 Å². The molecule has 0 aliphatic rings. The zero-order chi connectivity index (χ0) is 18.8. The summed E-state index contributed by atoms with van der Waals surface area (Å²) in [5.41, 5.74) is 7.41. The molecule has 0 atom stereocenters. The molecular weight excluding hydrogens is 307 g/mol. The molecule has 0 saturated carbocycles. The van der Waals surface area contributed by atoms with Crippen molar-refractivity contribution in [2.45, 2.75) is 52.9 Å². The maximum Gasteiger partial charge on any atom is 0.116 e. The van der Waals surface area contributed by atoms with Gasteiger partial charge in [-0.05, 0) is 78.5 Å². The first kappa shape index (κ1) is 20.9. The first-order valence-corrected chi connectivity index (χ1v) is 9.09. The number of allylic oxidation sites excluding steroid dienone is 7. The SMILES string of the molecule is C=C/C(=C\C(=C)F)CCCc1cc(/C(C=C)=C/CC)c(C)cc1CC. The van der Waals surface area contributed by atoms with Crippen LogP contribution in [0.1, 0.15) is 55.4 Å². The van der Waals surface area contributed by atoms with Crippen molar-refractivity contribution in [1.82, 2.24) is 0 Å². The zero-order valence-electron chi connectivity index (χ0n) is 16.0. The first-order chi connectivity index (χ1) is 12.0. The van der Waals surface area contributed by atoms with Crippen LogP contribution in [0.15, 0.2) is 67.6 Å². The number of halogens is 1. The summed E-state index contributed by atoms with van der Waals surface area (Å²) in [6, 6.07) is 4.61. The summed E-state index contributed by atoms with van der Waals surface area (Å²) in [6.45, 7) is 17.5. The number of rotatable bonds is 10. The Hall–Kier alpha value is -2.15. The number of aryl methyl sites for hydroxylation is 3. The molecule has 0 aliphatic heterocycles. The Balaban J connectivity index is 3.05. The van der Waals surface area contributed by atoms with Gasteiger partial charge in [0.25, 0.3) is 0 Å². The van der Waals surface area contributed by atoms with Gasteiger partial charge in [0, 0.05) is 0 Å². The van der Waals surface area contributed by atoms with Crippen molar-refractivity contribution in [2.24, 2.45) is 0 Å². The minimum absolute atomic E-state index is 0.415. The van der Waals surface area contributed by atoms with E-state index in [4.69, 9.17) is 0 Å². The van der Waals surface area contributed by atoms with E-state index in [0.29, 0.717) is 0 Å². The highest BCUT2D eigenvalue weighted by atomic mass is 19.1. The van der Waals surface area contributed by atoms with E-state index in [1.165, 1.54) is 33.9 Å². The molecule has 1 heteroatoms. The fourth-order valence-electron chi connectivity index (χ4n) is 3.13. The maximum absolute atomic E-state index is 13.0. The second-order valence-electron chi connectivity index (χ2n) is 6.29. The molecule has 0 spiro atoms. The van der Waals surface area contributed by atoms with E-state index in [2.05, 4.69) is 58.7 Å². The average Bonchev–Trinajstić information content (AvgIpc) is 2.59. The Morgan fingerprint density at radius 2 is 1.84 bits per heavy atom. The maximum atomic E-state index is 13.0. The smallest absolute Gasteiger partial charge is 0.116 e. The molecule has 134 valence electrons. The van der Waals surface area contributed by atoms with E-state index in [-0.39, 0.29) is 0 Å². The van der Waals surface area contributed by atoms with Crippen LogP contribution in [0, 0.1) is 6.92 Å². The molecule has 0 radical (unpaired) electrons. The highest BCUT2D eigenvalue weighted by Gasteiger charge is 2.09. The largest absolute Gasteiger partial charge is 0.208 e. The molecule has 0 saturated heterocycles. The van der Waals surface area contributed by atoms with Gasteiger partial charge in [-0.25, -0.2) is 4.39 Å². The van der Waals surface area contributed by atoms with Crippen LogP contribution in [0.2, 0.25) is 0 Å². The quantitative estimate of drug-likeness (QED) is 0.388. The predicted octanol–water partition coefficient (Wildman–Crippen LogP) is 7.46. The van der Waals surface area contributed by atoms with Crippen LogP contribution < -0.4 is 0 Å². The minimum atomic E-state index is -0.415. The van der Waals surface area contributed by atoms with Crippen LogP contribution >= 0.6 is 0 Å². The molecule has 0 N–H and O–H groups in total. The Bertz CT molecular complexity index is 686. The predicted molar refractivity (Wildman–Crippen MR) is 110 cm³/mol. The van der Waals surface area contributed by atoms with Gasteiger partial charge >= 0.3 is 0 Å². The molecule has 0 heterocycles. The zero-order valence-corrected chi connectivity index (χ0v) is 16.0. The fraction of sp³-hybridized carbons (Fsp3) is 0.333. The van der Waals surface area contributed by atoms with Crippen molar-refractivity contribution in [1.29, 1.82) is 0 Å². The van der Waals surface area contributed by atoms with Crippen molar-refractivity contribution < 1.29 is 4.39 Å². The lowest BCUT2D eigenvalue weighted by Crippen LogP contribution is -1.99. The second-order valence-corrected chi connectivity index (χ2v) is 6.29. The molecule has 0 amide bonds. The molecule has 0 unspecified atom stereocenters. The van der Waals surface area contributed by atoms with Gasteiger partial charge in [-0.15, -0.1) is 0 Å². The molecule has 0 aromatic heterocycles. The van der Waals surface area contributed by atoms with E-state index in [9.17, 15) is 4.39 Å². The minimum Gasteiger partial charge on any atom is -0.208 e. The number of hydrogen-bond donors (Lipinski definition) is 0. The lowest BCUT2D eigenvalue weighted by Gasteiger charge is -2.15. The van der Waals surface area contributed by atoms with Crippen molar-refractivity contribution in [3.05, 3.63) is 89.8 Å². The van der Waals surface area contributed by atoms with Crippen molar-refractivity contribution in [3.63, 3.8) is 0 Å². The highest BCUT2D eigenvalue weighted by Crippen LogP contribution is 2.26. The van der Waals surface area contributed by atoms with Gasteiger partial charge < -0.3 is 0 Å². The van der Waals surface area contributed by atoms with Gasteiger partial charge in [-0.2, -0.15) is 0 Å². The summed E-state index contributed by atoms with van der Waals surface area (Å²) in [5.74, 6) is -0.415. The monoisotopic (exact) mass is 338 g/mol. The van der Waals surface area contributed by atoms with Crippen LogP contribution in [-0.2, 0) is 12.8 Å². The van der Waals surface area contributed by atoms with Gasteiger partial charge in [0.2, 0.25) is 0 Å². The normalized spacial score (nSPS) is 12.2. The third-order valence-corrected chi connectivity index (χ3v) is 4.40. The standard InChI is InChI=1S/C24H31F/c1-7-12-21(9-3)24-17-23(22(10-4)15-18(24)5)14-11-13-20(8-2)16-19(6)25/h8-9,12,15-17H,2-3,6-7,10-11,13-14H2,1,4-5H3/b20-16+,21-12+.